The summed E-state index contributed by atoms with van der Waals surface area (Å²) in [6.45, 7) is -0.458. The van der Waals surface area contributed by atoms with Gasteiger partial charge >= 0.3 is 11.9 Å². The Kier molecular flexibility index (Phi) is 4.05. The fraction of sp³-hybridized carbons (Fsp3) is 0.778. The summed E-state index contributed by atoms with van der Waals surface area (Å²) in [4.78, 5) is 22.5. The lowest BCUT2D eigenvalue weighted by Gasteiger charge is -2.40. The first kappa shape index (κ1) is 11.9. The predicted octanol–water partition coefficient (Wildman–Crippen LogP) is -0.365. The van der Waals surface area contributed by atoms with Crippen LogP contribution in [0.25, 0.3) is 0 Å². The SMILES string of the molecule is COC1CC(N(CC(=O)O)CC(=O)O)C1. The molecule has 0 amide bonds. The number of carboxylic acid groups (broad SMARTS) is 2. The van der Waals surface area contributed by atoms with E-state index in [9.17, 15) is 9.59 Å². The maximum absolute atomic E-state index is 10.5. The van der Waals surface area contributed by atoms with Crippen LogP contribution < -0.4 is 0 Å². The van der Waals surface area contributed by atoms with E-state index in [0.717, 1.165) is 0 Å². The van der Waals surface area contributed by atoms with E-state index >= 15 is 0 Å². The van der Waals surface area contributed by atoms with Gasteiger partial charge in [0, 0.05) is 13.2 Å². The molecule has 0 unspecified atom stereocenters. The number of aliphatic carboxylic acids is 2. The Balaban J connectivity index is 2.43. The maximum atomic E-state index is 10.5. The molecule has 6 nitrogen and oxygen atoms in total. The Hall–Kier alpha value is -1.14. The van der Waals surface area contributed by atoms with Crippen molar-refractivity contribution in [2.75, 3.05) is 20.2 Å². The molecule has 1 rings (SSSR count). The number of carboxylic acids is 2. The number of nitrogens with zero attached hydrogens (tertiary/aromatic N) is 1. The molecule has 1 fully saturated rings. The van der Waals surface area contributed by atoms with Crippen molar-refractivity contribution in [3.63, 3.8) is 0 Å². The molecule has 0 bridgehead atoms. The summed E-state index contributed by atoms with van der Waals surface area (Å²) in [5.41, 5.74) is 0. The molecule has 0 aliphatic heterocycles. The van der Waals surface area contributed by atoms with Crippen LogP contribution in [0.4, 0.5) is 0 Å². The summed E-state index contributed by atoms with van der Waals surface area (Å²) in [7, 11) is 1.60. The molecule has 0 aromatic carbocycles. The van der Waals surface area contributed by atoms with Gasteiger partial charge in [-0.3, -0.25) is 14.5 Å². The van der Waals surface area contributed by atoms with Crippen LogP contribution in [0.1, 0.15) is 12.8 Å². The zero-order chi connectivity index (χ0) is 11.4. The molecule has 6 heteroatoms. The smallest absolute Gasteiger partial charge is 0.317 e. The molecule has 0 radical (unpaired) electrons. The van der Waals surface area contributed by atoms with Crippen LogP contribution >= 0.6 is 0 Å². The van der Waals surface area contributed by atoms with E-state index in [-0.39, 0.29) is 25.2 Å². The van der Waals surface area contributed by atoms with Crippen LogP contribution in [0, 0.1) is 0 Å². The van der Waals surface area contributed by atoms with Crippen molar-refractivity contribution in [2.24, 2.45) is 0 Å². The van der Waals surface area contributed by atoms with E-state index < -0.39 is 11.9 Å². The van der Waals surface area contributed by atoms with Gasteiger partial charge in [-0.25, -0.2) is 0 Å². The lowest BCUT2D eigenvalue weighted by molar-refractivity contribution is -0.145. The molecule has 2 N–H and O–H groups in total. The van der Waals surface area contributed by atoms with Gasteiger partial charge in [-0.05, 0) is 12.8 Å². The van der Waals surface area contributed by atoms with E-state index in [2.05, 4.69) is 0 Å². The molecule has 0 spiro atoms. The molecule has 0 saturated heterocycles. The highest BCUT2D eigenvalue weighted by atomic mass is 16.5. The Morgan fingerprint density at radius 3 is 2.07 bits per heavy atom. The van der Waals surface area contributed by atoms with Gasteiger partial charge in [-0.2, -0.15) is 0 Å². The molecule has 0 aromatic rings. The lowest BCUT2D eigenvalue weighted by Crippen LogP contribution is -2.51. The fourth-order valence-electron chi connectivity index (χ4n) is 1.69. The first-order valence-electron chi connectivity index (χ1n) is 4.73. The molecule has 0 atom stereocenters. The minimum Gasteiger partial charge on any atom is -0.480 e. The van der Waals surface area contributed by atoms with Crippen molar-refractivity contribution >= 4 is 11.9 Å². The second-order valence-electron chi connectivity index (χ2n) is 3.68. The standard InChI is InChI=1S/C9H15NO5/c1-15-7-2-6(3-7)10(4-8(11)12)5-9(13)14/h6-7H,2-5H2,1H3,(H,11,12)(H,13,14). The van der Waals surface area contributed by atoms with E-state index in [4.69, 9.17) is 14.9 Å². The van der Waals surface area contributed by atoms with Gasteiger partial charge in [0.15, 0.2) is 0 Å². The van der Waals surface area contributed by atoms with Crippen LogP contribution in [0.15, 0.2) is 0 Å². The number of hydrogen-bond acceptors (Lipinski definition) is 4. The van der Waals surface area contributed by atoms with Gasteiger partial charge in [-0.1, -0.05) is 0 Å². The Morgan fingerprint density at radius 1 is 1.27 bits per heavy atom. The van der Waals surface area contributed by atoms with E-state index in [0.29, 0.717) is 12.8 Å². The first-order valence-corrected chi connectivity index (χ1v) is 4.73. The maximum Gasteiger partial charge on any atom is 0.317 e. The average Bonchev–Trinajstić information content (AvgIpc) is 1.99. The number of carbonyl (C=O) groups is 2. The van der Waals surface area contributed by atoms with Crippen LogP contribution in [0.3, 0.4) is 0 Å². The van der Waals surface area contributed by atoms with Crippen LogP contribution in [0.5, 0.6) is 0 Å². The third-order valence-corrected chi connectivity index (χ3v) is 2.60. The molecular weight excluding hydrogens is 202 g/mol. The molecule has 1 saturated carbocycles. The lowest BCUT2D eigenvalue weighted by atomic mass is 9.88. The minimum absolute atomic E-state index is 0.0159. The summed E-state index contributed by atoms with van der Waals surface area (Å²) in [5.74, 6) is -2.01. The van der Waals surface area contributed by atoms with Gasteiger partial charge in [0.25, 0.3) is 0 Å². The quantitative estimate of drug-likeness (QED) is 0.631. The van der Waals surface area contributed by atoms with Crippen molar-refractivity contribution in [1.29, 1.82) is 0 Å². The zero-order valence-electron chi connectivity index (χ0n) is 8.55. The van der Waals surface area contributed by atoms with Crippen LogP contribution in [-0.4, -0.2) is 59.4 Å². The highest BCUT2D eigenvalue weighted by Gasteiger charge is 2.35. The summed E-state index contributed by atoms with van der Waals surface area (Å²) in [6, 6.07) is 0.0159. The minimum atomic E-state index is -1.00. The van der Waals surface area contributed by atoms with Crippen molar-refractivity contribution < 1.29 is 24.5 Å². The van der Waals surface area contributed by atoms with Crippen LogP contribution in [-0.2, 0) is 14.3 Å². The molecular formula is C9H15NO5. The molecule has 0 aromatic heterocycles. The third-order valence-electron chi connectivity index (χ3n) is 2.60. The second kappa shape index (κ2) is 5.09. The van der Waals surface area contributed by atoms with E-state index in [1.807, 2.05) is 0 Å². The Bertz CT molecular complexity index is 233. The fourth-order valence-corrected chi connectivity index (χ4v) is 1.69. The summed E-state index contributed by atoms with van der Waals surface area (Å²) in [5, 5.41) is 17.2. The highest BCUT2D eigenvalue weighted by Crippen LogP contribution is 2.27. The number of ether oxygens (including phenoxy) is 1. The van der Waals surface area contributed by atoms with Gasteiger partial charge in [0.1, 0.15) is 0 Å². The Labute approximate surface area is 87.4 Å². The molecule has 86 valence electrons. The topological polar surface area (TPSA) is 87.1 Å². The largest absolute Gasteiger partial charge is 0.480 e. The summed E-state index contributed by atoms with van der Waals surface area (Å²) >= 11 is 0. The van der Waals surface area contributed by atoms with Crippen molar-refractivity contribution in [1.82, 2.24) is 4.90 Å². The average molecular weight is 217 g/mol. The third kappa shape index (κ3) is 3.49. The molecule has 1 aliphatic carbocycles. The Morgan fingerprint density at radius 2 is 1.73 bits per heavy atom. The van der Waals surface area contributed by atoms with E-state index in [1.54, 1.807) is 7.11 Å². The van der Waals surface area contributed by atoms with Gasteiger partial charge in [0.2, 0.25) is 0 Å². The predicted molar refractivity (Wildman–Crippen MR) is 50.7 cm³/mol. The van der Waals surface area contributed by atoms with Crippen molar-refractivity contribution in [2.45, 2.75) is 25.0 Å². The second-order valence-corrected chi connectivity index (χ2v) is 3.68. The van der Waals surface area contributed by atoms with Gasteiger partial charge in [0.05, 0.1) is 19.2 Å². The van der Waals surface area contributed by atoms with Gasteiger partial charge < -0.3 is 14.9 Å². The first-order chi connectivity index (χ1) is 7.02. The monoisotopic (exact) mass is 217 g/mol. The normalized spacial score (nSPS) is 24.9. The summed E-state index contributed by atoms with van der Waals surface area (Å²) < 4.78 is 5.05. The molecule has 15 heavy (non-hydrogen) atoms. The highest BCUT2D eigenvalue weighted by molar-refractivity contribution is 5.72. The van der Waals surface area contributed by atoms with Gasteiger partial charge in [-0.15, -0.1) is 0 Å². The number of hydrogen-bond donors (Lipinski definition) is 2. The molecule has 0 heterocycles. The van der Waals surface area contributed by atoms with Crippen LogP contribution in [0.2, 0.25) is 0 Å². The van der Waals surface area contributed by atoms with Crippen molar-refractivity contribution in [3.8, 4) is 0 Å². The molecule has 1 aliphatic rings. The number of methoxy groups -OCH3 is 1. The zero-order valence-corrected chi connectivity index (χ0v) is 8.55. The van der Waals surface area contributed by atoms with Crippen molar-refractivity contribution in [3.05, 3.63) is 0 Å². The van der Waals surface area contributed by atoms with E-state index in [1.165, 1.54) is 4.90 Å². The number of rotatable bonds is 6. The summed E-state index contributed by atoms with van der Waals surface area (Å²) in [6.07, 6.45) is 1.55.